The molecule has 98 valence electrons. The lowest BCUT2D eigenvalue weighted by atomic mass is 9.86. The van der Waals surface area contributed by atoms with Gasteiger partial charge in [-0.15, -0.1) is 0 Å². The van der Waals surface area contributed by atoms with Crippen LogP contribution in [-0.2, 0) is 15.6 Å². The number of ketones is 1. The maximum atomic E-state index is 12.5. The highest BCUT2D eigenvalue weighted by Crippen LogP contribution is 2.32. The molecule has 0 bridgehead atoms. The van der Waals surface area contributed by atoms with E-state index in [9.17, 15) is 9.00 Å². The van der Waals surface area contributed by atoms with Gasteiger partial charge in [0.15, 0.2) is 0 Å². The minimum Gasteiger partial charge on any atom is -0.300 e. The normalized spacial score (nSPS) is 33.2. The molecule has 0 aromatic carbocycles. The second-order valence-corrected chi connectivity index (χ2v) is 7.66. The van der Waals surface area contributed by atoms with Crippen molar-refractivity contribution in [2.24, 2.45) is 5.92 Å². The van der Waals surface area contributed by atoms with Crippen molar-refractivity contribution in [3.8, 4) is 0 Å². The molecule has 0 N–H and O–H groups in total. The standard InChI is InChI=1S/C14H24O2S/c1-11(15)12-7-9-14(10-8-12)17(16)13-5-3-2-4-6-13/h12-14H,2-10H2,1H3. The van der Waals surface area contributed by atoms with E-state index < -0.39 is 10.8 Å². The first kappa shape index (κ1) is 13.3. The largest absolute Gasteiger partial charge is 0.300 e. The number of hydrogen-bond donors (Lipinski definition) is 0. The molecule has 0 radical (unpaired) electrons. The van der Waals surface area contributed by atoms with Crippen molar-refractivity contribution < 1.29 is 9.00 Å². The van der Waals surface area contributed by atoms with Crippen molar-refractivity contribution in [2.45, 2.75) is 75.2 Å². The SMILES string of the molecule is CC(=O)C1CCC(S(=O)C2CCCCC2)CC1. The van der Waals surface area contributed by atoms with Crippen molar-refractivity contribution >= 4 is 16.6 Å². The Morgan fingerprint density at radius 3 is 1.94 bits per heavy atom. The number of hydrogen-bond acceptors (Lipinski definition) is 2. The fraction of sp³-hybridized carbons (Fsp3) is 0.929. The average Bonchev–Trinajstić information content (AvgIpc) is 2.39. The molecule has 1 unspecified atom stereocenters. The summed E-state index contributed by atoms with van der Waals surface area (Å²) in [5.74, 6) is 0.585. The minimum atomic E-state index is -0.632. The van der Waals surface area contributed by atoms with Crippen molar-refractivity contribution in [2.75, 3.05) is 0 Å². The molecule has 0 saturated heterocycles. The van der Waals surface area contributed by atoms with Crippen LogP contribution in [0.1, 0.15) is 64.7 Å². The molecular formula is C14H24O2S. The molecule has 2 aliphatic rings. The van der Waals surface area contributed by atoms with Gasteiger partial charge in [-0.25, -0.2) is 0 Å². The van der Waals surface area contributed by atoms with Gasteiger partial charge < -0.3 is 0 Å². The van der Waals surface area contributed by atoms with Gasteiger partial charge in [-0.3, -0.25) is 9.00 Å². The molecular weight excluding hydrogens is 232 g/mol. The monoisotopic (exact) mass is 256 g/mol. The molecule has 0 aromatic heterocycles. The van der Waals surface area contributed by atoms with E-state index >= 15 is 0 Å². The summed E-state index contributed by atoms with van der Waals surface area (Å²) >= 11 is 0. The van der Waals surface area contributed by atoms with Crippen LogP contribution in [0.4, 0.5) is 0 Å². The first-order valence-electron chi connectivity index (χ1n) is 7.08. The van der Waals surface area contributed by atoms with E-state index in [1.165, 1.54) is 32.1 Å². The van der Waals surface area contributed by atoms with Gasteiger partial charge in [0.2, 0.25) is 0 Å². The highest BCUT2D eigenvalue weighted by Gasteiger charge is 2.31. The summed E-state index contributed by atoms with van der Waals surface area (Å²) in [7, 11) is -0.632. The molecule has 2 fully saturated rings. The summed E-state index contributed by atoms with van der Waals surface area (Å²) in [5.41, 5.74) is 0. The highest BCUT2D eigenvalue weighted by atomic mass is 32.2. The minimum absolute atomic E-state index is 0.259. The molecule has 3 heteroatoms. The Kier molecular flexibility index (Phi) is 4.78. The second kappa shape index (κ2) is 6.12. The third-order valence-electron chi connectivity index (χ3n) is 4.46. The molecule has 2 aliphatic carbocycles. The van der Waals surface area contributed by atoms with Crippen LogP contribution >= 0.6 is 0 Å². The first-order valence-corrected chi connectivity index (χ1v) is 8.36. The van der Waals surface area contributed by atoms with Crippen LogP contribution in [0.15, 0.2) is 0 Å². The maximum absolute atomic E-state index is 12.5. The summed E-state index contributed by atoms with van der Waals surface area (Å²) in [6.45, 7) is 1.70. The molecule has 0 heterocycles. The van der Waals surface area contributed by atoms with E-state index in [4.69, 9.17) is 0 Å². The van der Waals surface area contributed by atoms with Gasteiger partial charge in [0, 0.05) is 27.2 Å². The lowest BCUT2D eigenvalue weighted by molar-refractivity contribution is -0.121. The average molecular weight is 256 g/mol. The zero-order valence-corrected chi connectivity index (χ0v) is 11.6. The van der Waals surface area contributed by atoms with E-state index in [-0.39, 0.29) is 5.92 Å². The van der Waals surface area contributed by atoms with Crippen LogP contribution in [0.2, 0.25) is 0 Å². The lowest BCUT2D eigenvalue weighted by Gasteiger charge is -2.30. The summed E-state index contributed by atoms with van der Waals surface area (Å²) < 4.78 is 12.5. The molecule has 2 rings (SSSR count). The van der Waals surface area contributed by atoms with Gasteiger partial charge in [0.25, 0.3) is 0 Å². The number of carbonyl (C=O) groups is 1. The van der Waals surface area contributed by atoms with Crippen molar-refractivity contribution in [3.05, 3.63) is 0 Å². The Morgan fingerprint density at radius 1 is 0.882 bits per heavy atom. The van der Waals surface area contributed by atoms with Crippen LogP contribution < -0.4 is 0 Å². The maximum Gasteiger partial charge on any atom is 0.132 e. The van der Waals surface area contributed by atoms with E-state index in [1.807, 2.05) is 0 Å². The zero-order valence-electron chi connectivity index (χ0n) is 10.8. The van der Waals surface area contributed by atoms with Gasteiger partial charge in [-0.2, -0.15) is 0 Å². The summed E-state index contributed by atoms with van der Waals surface area (Å²) in [4.78, 5) is 11.3. The third-order valence-corrected chi connectivity index (χ3v) is 6.72. The van der Waals surface area contributed by atoms with E-state index in [0.717, 1.165) is 25.7 Å². The lowest BCUT2D eigenvalue weighted by Crippen LogP contribution is -2.32. The quantitative estimate of drug-likeness (QED) is 0.777. The zero-order chi connectivity index (χ0) is 12.3. The van der Waals surface area contributed by atoms with Gasteiger partial charge in [-0.05, 0) is 45.4 Å². The molecule has 2 nitrogen and oxygen atoms in total. The smallest absolute Gasteiger partial charge is 0.132 e. The van der Waals surface area contributed by atoms with Gasteiger partial charge in [-0.1, -0.05) is 19.3 Å². The molecule has 0 aromatic rings. The Balaban J connectivity index is 1.83. The van der Waals surface area contributed by atoms with Crippen LogP contribution in [0.25, 0.3) is 0 Å². The number of Topliss-reactive ketones (excluding diaryl/α,β-unsaturated/α-hetero) is 1. The molecule has 2 saturated carbocycles. The van der Waals surface area contributed by atoms with Crippen LogP contribution in [0.5, 0.6) is 0 Å². The van der Waals surface area contributed by atoms with Gasteiger partial charge >= 0.3 is 0 Å². The van der Waals surface area contributed by atoms with Crippen LogP contribution in [0, 0.1) is 5.92 Å². The number of carbonyl (C=O) groups excluding carboxylic acids is 1. The van der Waals surface area contributed by atoms with Gasteiger partial charge in [0.05, 0.1) is 0 Å². The van der Waals surface area contributed by atoms with E-state index in [1.54, 1.807) is 6.92 Å². The Morgan fingerprint density at radius 2 is 1.41 bits per heavy atom. The summed E-state index contributed by atoms with van der Waals surface area (Å²) in [5, 5.41) is 0.844. The number of rotatable bonds is 3. The summed E-state index contributed by atoms with van der Waals surface area (Å²) in [6.07, 6.45) is 10.1. The van der Waals surface area contributed by atoms with Crippen LogP contribution in [-0.4, -0.2) is 20.5 Å². The van der Waals surface area contributed by atoms with E-state index in [0.29, 0.717) is 16.3 Å². The molecule has 1 atom stereocenters. The third kappa shape index (κ3) is 3.40. The second-order valence-electron chi connectivity index (χ2n) is 5.67. The molecule has 0 aliphatic heterocycles. The van der Waals surface area contributed by atoms with Gasteiger partial charge in [0.1, 0.15) is 5.78 Å². The summed E-state index contributed by atoms with van der Waals surface area (Å²) in [6, 6.07) is 0. The Bertz CT molecular complexity index is 287. The molecule has 0 amide bonds. The van der Waals surface area contributed by atoms with E-state index in [2.05, 4.69) is 0 Å². The predicted molar refractivity (Wildman–Crippen MR) is 71.4 cm³/mol. The fourth-order valence-corrected chi connectivity index (χ4v) is 5.35. The van der Waals surface area contributed by atoms with Crippen molar-refractivity contribution in [1.82, 2.24) is 0 Å². The Hall–Kier alpha value is -0.180. The Labute approximate surface area is 107 Å². The topological polar surface area (TPSA) is 34.1 Å². The first-order chi connectivity index (χ1) is 8.18. The molecule has 0 spiro atoms. The van der Waals surface area contributed by atoms with Crippen molar-refractivity contribution in [1.29, 1.82) is 0 Å². The van der Waals surface area contributed by atoms with Crippen LogP contribution in [0.3, 0.4) is 0 Å². The molecule has 17 heavy (non-hydrogen) atoms. The highest BCUT2D eigenvalue weighted by molar-refractivity contribution is 7.86. The van der Waals surface area contributed by atoms with Crippen molar-refractivity contribution in [3.63, 3.8) is 0 Å². The fourth-order valence-electron chi connectivity index (χ4n) is 3.27. The predicted octanol–water partition coefficient (Wildman–Crippen LogP) is 3.22.